The first kappa shape index (κ1) is 6.26. The van der Waals surface area contributed by atoms with Crippen LogP contribution in [0.15, 0.2) is 5.10 Å². The van der Waals surface area contributed by atoms with Crippen molar-refractivity contribution in [3.05, 3.63) is 0 Å². The monoisotopic (exact) mass is 126 g/mol. The number of hydrazone groups is 1. The van der Waals surface area contributed by atoms with Crippen molar-refractivity contribution >= 4 is 12.0 Å². The number of nitrogens with zero attached hydrogens (tertiary/aromatic N) is 2. The Morgan fingerprint density at radius 1 is 1.89 bits per heavy atom. The van der Waals surface area contributed by atoms with E-state index in [1.807, 2.05) is 7.05 Å². The van der Waals surface area contributed by atoms with E-state index in [4.69, 9.17) is 0 Å². The Balaban J connectivity index is 2.55. The van der Waals surface area contributed by atoms with E-state index < -0.39 is 0 Å². The minimum absolute atomic E-state index is 0.00463. The zero-order valence-corrected chi connectivity index (χ0v) is 5.66. The number of hydrogen-bond acceptors (Lipinski definition) is 3. The Morgan fingerprint density at radius 3 is 2.78 bits per heavy atom. The molecule has 1 aliphatic heterocycles. The molecule has 50 valence electrons. The van der Waals surface area contributed by atoms with E-state index in [0.717, 1.165) is 6.42 Å². The van der Waals surface area contributed by atoms with Gasteiger partial charge in [0.2, 0.25) is 0 Å². The predicted octanol–water partition coefficient (Wildman–Crippen LogP) is 0.265. The third kappa shape index (κ3) is 1.09. The van der Waals surface area contributed by atoms with Crippen molar-refractivity contribution in [2.24, 2.45) is 5.10 Å². The van der Waals surface area contributed by atoms with Gasteiger partial charge < -0.3 is 0 Å². The van der Waals surface area contributed by atoms with Crippen LogP contribution >= 0.6 is 0 Å². The number of hydrogen-bond donors (Lipinski definition) is 0. The maximum Gasteiger partial charge on any atom is 0.154 e. The molecule has 0 aliphatic carbocycles. The van der Waals surface area contributed by atoms with Crippen LogP contribution in [0.2, 0.25) is 0 Å². The molecule has 0 aromatic carbocycles. The molecule has 0 N–H and O–H groups in total. The largest absolute Gasteiger partial charge is 0.298 e. The van der Waals surface area contributed by atoms with Crippen LogP contribution in [0.25, 0.3) is 0 Å². The first-order valence-corrected chi connectivity index (χ1v) is 2.97. The second kappa shape index (κ2) is 2.17. The summed E-state index contributed by atoms with van der Waals surface area (Å²) in [6.07, 6.45) is 2.54. The van der Waals surface area contributed by atoms with E-state index in [9.17, 15) is 4.79 Å². The normalized spacial score (nSPS) is 25.1. The Bertz CT molecular complexity index is 153. The Kier molecular flexibility index (Phi) is 1.51. The molecular weight excluding hydrogens is 116 g/mol. The fourth-order valence-electron chi connectivity index (χ4n) is 0.938. The summed E-state index contributed by atoms with van der Waals surface area (Å²) in [7, 11) is 1.82. The molecule has 0 aromatic heterocycles. The first-order valence-electron chi connectivity index (χ1n) is 2.97. The van der Waals surface area contributed by atoms with Gasteiger partial charge in [-0.25, -0.2) is 0 Å². The van der Waals surface area contributed by atoms with Gasteiger partial charge >= 0.3 is 0 Å². The fourth-order valence-corrected chi connectivity index (χ4v) is 0.938. The SMILES string of the molecule is CC(=O)C1CC=NN1C. The van der Waals surface area contributed by atoms with E-state index in [1.54, 1.807) is 18.1 Å². The van der Waals surface area contributed by atoms with Gasteiger partial charge in [0.1, 0.15) is 6.04 Å². The van der Waals surface area contributed by atoms with Crippen molar-refractivity contribution in [3.8, 4) is 0 Å². The van der Waals surface area contributed by atoms with Crippen molar-refractivity contribution in [1.29, 1.82) is 0 Å². The Labute approximate surface area is 54.3 Å². The molecule has 1 aliphatic rings. The zero-order chi connectivity index (χ0) is 6.85. The summed E-state index contributed by atoms with van der Waals surface area (Å²) < 4.78 is 0. The molecule has 0 amide bonds. The highest BCUT2D eigenvalue weighted by molar-refractivity contribution is 5.85. The number of Topliss-reactive ketones (excluding diaryl/α,β-unsaturated/α-hetero) is 1. The quantitative estimate of drug-likeness (QED) is 0.505. The van der Waals surface area contributed by atoms with Crippen molar-refractivity contribution in [2.75, 3.05) is 7.05 Å². The minimum atomic E-state index is 0.00463. The molecule has 1 unspecified atom stereocenters. The van der Waals surface area contributed by atoms with Crippen molar-refractivity contribution in [3.63, 3.8) is 0 Å². The Morgan fingerprint density at radius 2 is 2.56 bits per heavy atom. The van der Waals surface area contributed by atoms with Gasteiger partial charge in [0, 0.05) is 19.7 Å². The summed E-state index contributed by atoms with van der Waals surface area (Å²) in [5.74, 6) is 0.190. The highest BCUT2D eigenvalue weighted by atomic mass is 16.1. The molecule has 9 heavy (non-hydrogen) atoms. The van der Waals surface area contributed by atoms with Crippen LogP contribution < -0.4 is 0 Å². The van der Waals surface area contributed by atoms with Crippen LogP contribution in [0.5, 0.6) is 0 Å². The predicted molar refractivity (Wildman–Crippen MR) is 35.3 cm³/mol. The number of likely N-dealkylation sites (N-methyl/N-ethyl adjacent to an activating group) is 1. The minimum Gasteiger partial charge on any atom is -0.298 e. The molecule has 0 saturated heterocycles. The van der Waals surface area contributed by atoms with Crippen LogP contribution in [0.1, 0.15) is 13.3 Å². The molecule has 0 aromatic rings. The van der Waals surface area contributed by atoms with E-state index in [1.165, 1.54) is 0 Å². The summed E-state index contributed by atoms with van der Waals surface area (Å²) in [4.78, 5) is 10.7. The molecule has 1 atom stereocenters. The van der Waals surface area contributed by atoms with Gasteiger partial charge in [0.05, 0.1) is 0 Å². The van der Waals surface area contributed by atoms with E-state index in [-0.39, 0.29) is 11.8 Å². The average molecular weight is 126 g/mol. The number of carbonyl (C=O) groups excluding carboxylic acids is 1. The maximum absolute atomic E-state index is 10.7. The second-order valence-corrected chi connectivity index (χ2v) is 2.23. The summed E-state index contributed by atoms with van der Waals surface area (Å²) >= 11 is 0. The highest BCUT2D eigenvalue weighted by Crippen LogP contribution is 2.07. The van der Waals surface area contributed by atoms with Gasteiger partial charge in [-0.1, -0.05) is 0 Å². The molecule has 3 nitrogen and oxygen atoms in total. The van der Waals surface area contributed by atoms with Crippen LogP contribution in [-0.2, 0) is 4.79 Å². The molecule has 0 bridgehead atoms. The van der Waals surface area contributed by atoms with Gasteiger partial charge in [-0.2, -0.15) is 5.10 Å². The third-order valence-corrected chi connectivity index (χ3v) is 1.51. The number of rotatable bonds is 1. The third-order valence-electron chi connectivity index (χ3n) is 1.51. The molecule has 0 fully saturated rings. The lowest BCUT2D eigenvalue weighted by atomic mass is 10.1. The fraction of sp³-hybridized carbons (Fsp3) is 0.667. The van der Waals surface area contributed by atoms with Crippen LogP contribution in [0, 0.1) is 0 Å². The van der Waals surface area contributed by atoms with Crippen LogP contribution in [-0.4, -0.2) is 30.1 Å². The smallest absolute Gasteiger partial charge is 0.154 e. The summed E-state index contributed by atoms with van der Waals surface area (Å²) in [6, 6.07) is 0.00463. The first-order chi connectivity index (χ1) is 4.22. The lowest BCUT2D eigenvalue weighted by Crippen LogP contribution is -2.29. The van der Waals surface area contributed by atoms with Gasteiger partial charge in [-0.15, -0.1) is 0 Å². The molecular formula is C6H10N2O. The summed E-state index contributed by atoms with van der Waals surface area (Å²) in [5, 5.41) is 5.62. The lowest BCUT2D eigenvalue weighted by Gasteiger charge is -2.14. The van der Waals surface area contributed by atoms with Crippen molar-refractivity contribution in [1.82, 2.24) is 5.01 Å². The standard InChI is InChI=1S/C6H10N2O/c1-5(9)6-3-4-7-8(6)2/h4,6H,3H2,1-2H3. The average Bonchev–Trinajstić information content (AvgIpc) is 2.13. The zero-order valence-electron chi connectivity index (χ0n) is 5.66. The van der Waals surface area contributed by atoms with E-state index >= 15 is 0 Å². The summed E-state index contributed by atoms with van der Waals surface area (Å²) in [6.45, 7) is 1.59. The second-order valence-electron chi connectivity index (χ2n) is 2.23. The molecule has 1 heterocycles. The maximum atomic E-state index is 10.7. The molecule has 1 rings (SSSR count). The molecule has 3 heteroatoms. The Hall–Kier alpha value is -0.860. The number of carbonyl (C=O) groups is 1. The molecule has 0 radical (unpaired) electrons. The number of ketones is 1. The topological polar surface area (TPSA) is 32.7 Å². The highest BCUT2D eigenvalue weighted by Gasteiger charge is 2.20. The van der Waals surface area contributed by atoms with Crippen LogP contribution in [0.3, 0.4) is 0 Å². The van der Waals surface area contributed by atoms with E-state index in [2.05, 4.69) is 5.10 Å². The molecule has 0 saturated carbocycles. The van der Waals surface area contributed by atoms with E-state index in [0.29, 0.717) is 0 Å². The van der Waals surface area contributed by atoms with Crippen molar-refractivity contribution in [2.45, 2.75) is 19.4 Å². The van der Waals surface area contributed by atoms with Gasteiger partial charge in [-0.3, -0.25) is 9.80 Å². The van der Waals surface area contributed by atoms with Crippen LogP contribution in [0.4, 0.5) is 0 Å². The van der Waals surface area contributed by atoms with Gasteiger partial charge in [0.15, 0.2) is 5.78 Å². The van der Waals surface area contributed by atoms with Gasteiger partial charge in [-0.05, 0) is 6.92 Å². The van der Waals surface area contributed by atoms with Gasteiger partial charge in [0.25, 0.3) is 0 Å². The lowest BCUT2D eigenvalue weighted by molar-refractivity contribution is -0.121. The van der Waals surface area contributed by atoms with Crippen molar-refractivity contribution < 1.29 is 4.79 Å². The molecule has 0 spiro atoms. The summed E-state index contributed by atoms with van der Waals surface area (Å²) in [5.41, 5.74) is 0.